The van der Waals surface area contributed by atoms with Gasteiger partial charge in [0.05, 0.1) is 22.2 Å². The molecule has 0 amide bonds. The Balaban J connectivity index is 2.28. The second-order valence-corrected chi connectivity index (χ2v) is 6.89. The number of nitriles is 1. The van der Waals surface area contributed by atoms with Gasteiger partial charge in [0.15, 0.2) is 9.84 Å². The lowest BCUT2D eigenvalue weighted by molar-refractivity contribution is 0.601. The second kappa shape index (κ2) is 5.98. The smallest absolute Gasteiger partial charge is 0.177 e. The summed E-state index contributed by atoms with van der Waals surface area (Å²) in [6.45, 7) is 0.568. The van der Waals surface area contributed by atoms with Crippen molar-refractivity contribution in [2.24, 2.45) is 0 Å². The molecule has 2 rings (SSSR count). The maximum atomic E-state index is 11.8. The molecule has 108 valence electrons. The van der Waals surface area contributed by atoms with E-state index in [1.165, 1.54) is 6.26 Å². The highest BCUT2D eigenvalue weighted by Crippen LogP contribution is 2.25. The van der Waals surface area contributed by atoms with Crippen LogP contribution in [0.5, 0.6) is 0 Å². The first-order chi connectivity index (χ1) is 9.91. The van der Waals surface area contributed by atoms with Crippen LogP contribution in [0.2, 0.25) is 0 Å². The molecule has 0 N–H and O–H groups in total. The second-order valence-electron chi connectivity index (χ2n) is 4.90. The summed E-state index contributed by atoms with van der Waals surface area (Å²) >= 11 is 0. The van der Waals surface area contributed by atoms with E-state index in [0.717, 1.165) is 5.56 Å². The molecule has 0 unspecified atom stereocenters. The maximum Gasteiger partial charge on any atom is 0.177 e. The number of hydrogen-bond donors (Lipinski definition) is 0. The van der Waals surface area contributed by atoms with Gasteiger partial charge in [0, 0.05) is 19.8 Å². The predicted molar refractivity (Wildman–Crippen MR) is 82.8 cm³/mol. The van der Waals surface area contributed by atoms with Gasteiger partial charge in [-0.2, -0.15) is 5.26 Å². The molecule has 21 heavy (non-hydrogen) atoms. The van der Waals surface area contributed by atoms with Crippen LogP contribution < -0.4 is 4.90 Å². The Kier molecular flexibility index (Phi) is 4.29. The van der Waals surface area contributed by atoms with E-state index in [4.69, 9.17) is 5.26 Å². The van der Waals surface area contributed by atoms with E-state index in [2.05, 4.69) is 6.07 Å². The van der Waals surface area contributed by atoms with E-state index in [1.54, 1.807) is 30.3 Å². The summed E-state index contributed by atoms with van der Waals surface area (Å²) in [6, 6.07) is 16.3. The third kappa shape index (κ3) is 3.61. The number of nitrogens with zero attached hydrogens (tertiary/aromatic N) is 2. The molecule has 0 saturated heterocycles. The Hall–Kier alpha value is -2.32. The van der Waals surface area contributed by atoms with Crippen LogP contribution in [-0.4, -0.2) is 21.7 Å². The topological polar surface area (TPSA) is 61.2 Å². The Morgan fingerprint density at radius 1 is 1.10 bits per heavy atom. The molecule has 0 atom stereocenters. The quantitative estimate of drug-likeness (QED) is 0.870. The van der Waals surface area contributed by atoms with Crippen LogP contribution in [0, 0.1) is 11.3 Å². The molecule has 0 fully saturated rings. The Morgan fingerprint density at radius 2 is 1.71 bits per heavy atom. The lowest BCUT2D eigenvalue weighted by Gasteiger charge is -2.22. The fourth-order valence-corrected chi connectivity index (χ4v) is 3.06. The van der Waals surface area contributed by atoms with Crippen molar-refractivity contribution < 1.29 is 8.42 Å². The number of hydrogen-bond acceptors (Lipinski definition) is 4. The van der Waals surface area contributed by atoms with Gasteiger partial charge in [0.25, 0.3) is 0 Å². The van der Waals surface area contributed by atoms with Crippen molar-refractivity contribution in [1.29, 1.82) is 5.26 Å². The number of anilines is 1. The minimum Gasteiger partial charge on any atom is -0.369 e. The van der Waals surface area contributed by atoms with Gasteiger partial charge in [-0.05, 0) is 29.8 Å². The number of rotatable bonds is 4. The SMILES string of the molecule is CN(Cc1ccc(C#N)cc1)c1ccccc1S(C)(=O)=O. The molecule has 2 aromatic carbocycles. The van der Waals surface area contributed by atoms with Crippen molar-refractivity contribution in [3.63, 3.8) is 0 Å². The van der Waals surface area contributed by atoms with Gasteiger partial charge >= 0.3 is 0 Å². The molecule has 4 nitrogen and oxygen atoms in total. The van der Waals surface area contributed by atoms with Crippen LogP contribution in [0.15, 0.2) is 53.4 Å². The molecular formula is C16H16N2O2S. The summed E-state index contributed by atoms with van der Waals surface area (Å²) < 4.78 is 23.7. The number of benzene rings is 2. The number of para-hydroxylation sites is 1. The van der Waals surface area contributed by atoms with E-state index in [0.29, 0.717) is 22.7 Å². The highest BCUT2D eigenvalue weighted by Gasteiger charge is 2.15. The van der Waals surface area contributed by atoms with Crippen LogP contribution in [0.25, 0.3) is 0 Å². The molecule has 0 spiro atoms. The van der Waals surface area contributed by atoms with Crippen molar-refractivity contribution in [2.75, 3.05) is 18.2 Å². The van der Waals surface area contributed by atoms with E-state index < -0.39 is 9.84 Å². The van der Waals surface area contributed by atoms with Gasteiger partial charge in [-0.15, -0.1) is 0 Å². The summed E-state index contributed by atoms with van der Waals surface area (Å²) in [7, 11) is -1.42. The van der Waals surface area contributed by atoms with Gasteiger partial charge in [-0.1, -0.05) is 24.3 Å². The zero-order valence-corrected chi connectivity index (χ0v) is 12.8. The van der Waals surface area contributed by atoms with E-state index in [9.17, 15) is 8.42 Å². The first kappa shape index (κ1) is 15.1. The molecule has 5 heteroatoms. The van der Waals surface area contributed by atoms with E-state index >= 15 is 0 Å². The van der Waals surface area contributed by atoms with Crippen molar-refractivity contribution in [3.05, 3.63) is 59.7 Å². The zero-order chi connectivity index (χ0) is 15.5. The fraction of sp³-hybridized carbons (Fsp3) is 0.188. The molecule has 0 aromatic heterocycles. The third-order valence-corrected chi connectivity index (χ3v) is 4.32. The van der Waals surface area contributed by atoms with Crippen molar-refractivity contribution in [1.82, 2.24) is 0 Å². The molecule has 0 radical (unpaired) electrons. The van der Waals surface area contributed by atoms with Crippen LogP contribution in [0.1, 0.15) is 11.1 Å². The standard InChI is InChI=1S/C16H16N2O2S/c1-18(12-14-9-7-13(11-17)8-10-14)15-5-3-4-6-16(15)21(2,19)20/h3-10H,12H2,1-2H3. The lowest BCUT2D eigenvalue weighted by Crippen LogP contribution is -2.19. The Labute approximate surface area is 125 Å². The van der Waals surface area contributed by atoms with Gasteiger partial charge in [-0.25, -0.2) is 8.42 Å². The minimum absolute atomic E-state index is 0.321. The molecular weight excluding hydrogens is 284 g/mol. The molecule has 0 aliphatic heterocycles. The van der Waals surface area contributed by atoms with E-state index in [1.807, 2.05) is 30.1 Å². The normalized spacial score (nSPS) is 10.9. The molecule has 0 bridgehead atoms. The minimum atomic E-state index is -3.27. The zero-order valence-electron chi connectivity index (χ0n) is 11.9. The van der Waals surface area contributed by atoms with Gasteiger partial charge in [0.1, 0.15) is 0 Å². The van der Waals surface area contributed by atoms with Crippen LogP contribution >= 0.6 is 0 Å². The lowest BCUT2D eigenvalue weighted by atomic mass is 10.1. The van der Waals surface area contributed by atoms with Crippen molar-refractivity contribution in [3.8, 4) is 6.07 Å². The third-order valence-electron chi connectivity index (χ3n) is 3.18. The Bertz CT molecular complexity index is 775. The van der Waals surface area contributed by atoms with Gasteiger partial charge in [0.2, 0.25) is 0 Å². The average molecular weight is 300 g/mol. The molecule has 2 aromatic rings. The van der Waals surface area contributed by atoms with Gasteiger partial charge in [-0.3, -0.25) is 0 Å². The summed E-state index contributed by atoms with van der Waals surface area (Å²) in [5.41, 5.74) is 2.29. The predicted octanol–water partition coefficient (Wildman–Crippen LogP) is 2.60. The average Bonchev–Trinajstić information content (AvgIpc) is 2.47. The molecule has 0 heterocycles. The summed E-state index contributed by atoms with van der Waals surface area (Å²) in [5, 5.41) is 8.79. The summed E-state index contributed by atoms with van der Waals surface area (Å²) in [6.07, 6.45) is 1.21. The molecule has 0 aliphatic carbocycles. The van der Waals surface area contributed by atoms with Crippen LogP contribution in [0.3, 0.4) is 0 Å². The largest absolute Gasteiger partial charge is 0.369 e. The monoisotopic (exact) mass is 300 g/mol. The Morgan fingerprint density at radius 3 is 2.29 bits per heavy atom. The van der Waals surface area contributed by atoms with Crippen molar-refractivity contribution in [2.45, 2.75) is 11.4 Å². The van der Waals surface area contributed by atoms with Crippen LogP contribution in [-0.2, 0) is 16.4 Å². The highest BCUT2D eigenvalue weighted by molar-refractivity contribution is 7.90. The summed E-state index contributed by atoms with van der Waals surface area (Å²) in [4.78, 5) is 2.21. The molecule has 0 aliphatic rings. The molecule has 0 saturated carbocycles. The highest BCUT2D eigenvalue weighted by atomic mass is 32.2. The first-order valence-electron chi connectivity index (χ1n) is 6.41. The fourth-order valence-electron chi connectivity index (χ4n) is 2.13. The maximum absolute atomic E-state index is 11.8. The van der Waals surface area contributed by atoms with E-state index in [-0.39, 0.29) is 0 Å². The van der Waals surface area contributed by atoms with Crippen LogP contribution in [0.4, 0.5) is 5.69 Å². The van der Waals surface area contributed by atoms with Gasteiger partial charge < -0.3 is 4.90 Å². The summed E-state index contributed by atoms with van der Waals surface area (Å²) in [5.74, 6) is 0. The van der Waals surface area contributed by atoms with Crippen molar-refractivity contribution >= 4 is 15.5 Å². The first-order valence-corrected chi connectivity index (χ1v) is 8.30. The number of sulfone groups is 1.